The highest BCUT2D eigenvalue weighted by Crippen LogP contribution is 2.12. The number of nitrogens with zero attached hydrogens (tertiary/aromatic N) is 1. The lowest BCUT2D eigenvalue weighted by atomic mass is 10.1. The molecule has 1 aromatic carbocycles. The van der Waals surface area contributed by atoms with Gasteiger partial charge in [-0.1, -0.05) is 12.1 Å². The Bertz CT molecular complexity index is 331. The lowest BCUT2D eigenvalue weighted by Gasteiger charge is -2.18. The van der Waals surface area contributed by atoms with Crippen molar-refractivity contribution in [3.8, 4) is 0 Å². The van der Waals surface area contributed by atoms with Gasteiger partial charge in [-0.2, -0.15) is 0 Å². The van der Waals surface area contributed by atoms with E-state index >= 15 is 0 Å². The summed E-state index contributed by atoms with van der Waals surface area (Å²) in [6, 6.07) is 7.03. The van der Waals surface area contributed by atoms with E-state index in [-0.39, 0.29) is 5.82 Å². The number of hydrogen-bond acceptors (Lipinski definition) is 2. The molecule has 0 aromatic heterocycles. The number of rotatable bonds is 5. The van der Waals surface area contributed by atoms with Crippen LogP contribution in [0.1, 0.15) is 31.4 Å². The molecule has 1 saturated heterocycles. The van der Waals surface area contributed by atoms with Crippen LogP contribution in [0.5, 0.6) is 0 Å². The van der Waals surface area contributed by atoms with E-state index < -0.39 is 0 Å². The first-order valence-corrected chi connectivity index (χ1v) is 6.47. The molecule has 0 bridgehead atoms. The summed E-state index contributed by atoms with van der Waals surface area (Å²) in [7, 11) is 0. The minimum Gasteiger partial charge on any atom is -0.309 e. The average molecular weight is 236 g/mol. The van der Waals surface area contributed by atoms with Crippen LogP contribution in [0.15, 0.2) is 24.3 Å². The van der Waals surface area contributed by atoms with Crippen molar-refractivity contribution in [2.45, 2.75) is 25.8 Å². The van der Waals surface area contributed by atoms with Crippen molar-refractivity contribution in [2.24, 2.45) is 0 Å². The molecule has 0 aliphatic carbocycles. The van der Waals surface area contributed by atoms with Gasteiger partial charge in [-0.3, -0.25) is 0 Å². The van der Waals surface area contributed by atoms with Gasteiger partial charge in [-0.05, 0) is 50.6 Å². The maximum Gasteiger partial charge on any atom is 0.123 e. The highest BCUT2D eigenvalue weighted by molar-refractivity contribution is 5.19. The van der Waals surface area contributed by atoms with Gasteiger partial charge in [0, 0.05) is 19.1 Å². The van der Waals surface area contributed by atoms with Gasteiger partial charge in [-0.15, -0.1) is 0 Å². The van der Waals surface area contributed by atoms with Gasteiger partial charge in [0.15, 0.2) is 0 Å². The fourth-order valence-electron chi connectivity index (χ4n) is 2.31. The Kier molecular flexibility index (Phi) is 4.51. The van der Waals surface area contributed by atoms with Gasteiger partial charge >= 0.3 is 0 Å². The standard InChI is InChI=1S/C14H21FN2/c1-12(13-4-6-14(15)7-5-13)16-8-11-17-9-2-3-10-17/h4-7,12,16H,2-3,8-11H2,1H3/t12-/m0/s1. The van der Waals surface area contributed by atoms with Crippen LogP contribution in [-0.2, 0) is 0 Å². The molecule has 1 aromatic rings. The van der Waals surface area contributed by atoms with E-state index in [4.69, 9.17) is 0 Å². The van der Waals surface area contributed by atoms with Crippen LogP contribution >= 0.6 is 0 Å². The second-order valence-corrected chi connectivity index (χ2v) is 4.78. The lowest BCUT2D eigenvalue weighted by molar-refractivity contribution is 0.330. The van der Waals surface area contributed by atoms with E-state index in [9.17, 15) is 4.39 Å². The van der Waals surface area contributed by atoms with E-state index in [1.807, 2.05) is 12.1 Å². The minimum absolute atomic E-state index is 0.169. The van der Waals surface area contributed by atoms with Crippen LogP contribution in [0.25, 0.3) is 0 Å². The van der Waals surface area contributed by atoms with Crippen molar-refractivity contribution in [1.82, 2.24) is 10.2 Å². The Labute approximate surface area is 103 Å². The van der Waals surface area contributed by atoms with Crippen molar-refractivity contribution in [1.29, 1.82) is 0 Å². The Morgan fingerprint density at radius 2 is 1.88 bits per heavy atom. The topological polar surface area (TPSA) is 15.3 Å². The molecule has 1 aliphatic heterocycles. The van der Waals surface area contributed by atoms with Crippen LogP contribution in [0.3, 0.4) is 0 Å². The molecule has 2 rings (SSSR count). The first kappa shape index (κ1) is 12.5. The Morgan fingerprint density at radius 1 is 1.24 bits per heavy atom. The molecule has 1 atom stereocenters. The number of likely N-dealkylation sites (tertiary alicyclic amines) is 1. The molecule has 3 heteroatoms. The van der Waals surface area contributed by atoms with Gasteiger partial charge in [0.25, 0.3) is 0 Å². The molecule has 2 nitrogen and oxygen atoms in total. The Morgan fingerprint density at radius 3 is 2.53 bits per heavy atom. The first-order valence-electron chi connectivity index (χ1n) is 6.47. The van der Waals surface area contributed by atoms with Gasteiger partial charge < -0.3 is 10.2 Å². The van der Waals surface area contributed by atoms with Crippen LogP contribution in [0.4, 0.5) is 4.39 Å². The van der Waals surface area contributed by atoms with E-state index in [2.05, 4.69) is 17.1 Å². The number of benzene rings is 1. The normalized spacial score (nSPS) is 18.5. The van der Waals surface area contributed by atoms with Crippen molar-refractivity contribution in [3.05, 3.63) is 35.6 Å². The van der Waals surface area contributed by atoms with Crippen molar-refractivity contribution in [3.63, 3.8) is 0 Å². The molecule has 0 saturated carbocycles. The lowest BCUT2D eigenvalue weighted by Crippen LogP contribution is -2.31. The van der Waals surface area contributed by atoms with Gasteiger partial charge in [0.2, 0.25) is 0 Å². The molecule has 17 heavy (non-hydrogen) atoms. The highest BCUT2D eigenvalue weighted by Gasteiger charge is 2.11. The number of nitrogens with one attached hydrogen (secondary N) is 1. The maximum atomic E-state index is 12.8. The summed E-state index contributed by atoms with van der Waals surface area (Å²) in [5, 5.41) is 3.48. The van der Waals surface area contributed by atoms with Crippen molar-refractivity contribution >= 4 is 0 Å². The monoisotopic (exact) mass is 236 g/mol. The molecule has 1 aliphatic rings. The minimum atomic E-state index is -0.169. The molecule has 94 valence electrons. The van der Waals surface area contributed by atoms with Gasteiger partial charge in [0.1, 0.15) is 5.82 Å². The molecular formula is C14H21FN2. The Balaban J connectivity index is 1.72. The second-order valence-electron chi connectivity index (χ2n) is 4.78. The van der Waals surface area contributed by atoms with Gasteiger partial charge in [-0.25, -0.2) is 4.39 Å². The third-order valence-electron chi connectivity index (χ3n) is 3.45. The second kappa shape index (κ2) is 6.12. The van der Waals surface area contributed by atoms with E-state index in [0.29, 0.717) is 6.04 Å². The van der Waals surface area contributed by atoms with Crippen molar-refractivity contribution < 1.29 is 4.39 Å². The zero-order valence-corrected chi connectivity index (χ0v) is 10.5. The van der Waals surface area contributed by atoms with Crippen LogP contribution < -0.4 is 5.32 Å². The zero-order valence-electron chi connectivity index (χ0n) is 10.5. The predicted molar refractivity (Wildman–Crippen MR) is 68.5 cm³/mol. The highest BCUT2D eigenvalue weighted by atomic mass is 19.1. The predicted octanol–water partition coefficient (Wildman–Crippen LogP) is 2.57. The fourth-order valence-corrected chi connectivity index (χ4v) is 2.31. The van der Waals surface area contributed by atoms with Crippen LogP contribution in [0, 0.1) is 5.82 Å². The molecule has 0 amide bonds. The van der Waals surface area contributed by atoms with E-state index in [1.54, 1.807) is 0 Å². The number of halogens is 1. The van der Waals surface area contributed by atoms with Gasteiger partial charge in [0.05, 0.1) is 0 Å². The van der Waals surface area contributed by atoms with E-state index in [1.165, 1.54) is 38.1 Å². The summed E-state index contributed by atoms with van der Waals surface area (Å²) in [5.41, 5.74) is 1.15. The third kappa shape index (κ3) is 3.79. The maximum absolute atomic E-state index is 12.8. The fraction of sp³-hybridized carbons (Fsp3) is 0.571. The van der Waals surface area contributed by atoms with Crippen molar-refractivity contribution in [2.75, 3.05) is 26.2 Å². The average Bonchev–Trinajstić information content (AvgIpc) is 2.83. The Hall–Kier alpha value is -0.930. The summed E-state index contributed by atoms with van der Waals surface area (Å²) in [6.45, 7) is 6.72. The largest absolute Gasteiger partial charge is 0.309 e. The molecule has 1 N–H and O–H groups in total. The van der Waals surface area contributed by atoms with E-state index in [0.717, 1.165) is 18.7 Å². The molecule has 0 radical (unpaired) electrons. The SMILES string of the molecule is C[C@H](NCCN1CCCC1)c1ccc(F)cc1. The summed E-state index contributed by atoms with van der Waals surface area (Å²) in [4.78, 5) is 2.49. The quantitative estimate of drug-likeness (QED) is 0.845. The number of hydrogen-bond donors (Lipinski definition) is 1. The summed E-state index contributed by atoms with van der Waals surface area (Å²) < 4.78 is 12.8. The summed E-state index contributed by atoms with van der Waals surface area (Å²) in [6.07, 6.45) is 2.68. The smallest absolute Gasteiger partial charge is 0.123 e. The summed E-state index contributed by atoms with van der Waals surface area (Å²) >= 11 is 0. The summed E-state index contributed by atoms with van der Waals surface area (Å²) in [5.74, 6) is -0.169. The van der Waals surface area contributed by atoms with Crippen LogP contribution in [0.2, 0.25) is 0 Å². The molecule has 1 heterocycles. The molecule has 1 fully saturated rings. The molecular weight excluding hydrogens is 215 g/mol. The zero-order chi connectivity index (χ0) is 12.1. The molecule has 0 spiro atoms. The molecule has 0 unspecified atom stereocenters. The van der Waals surface area contributed by atoms with Crippen LogP contribution in [-0.4, -0.2) is 31.1 Å². The first-order chi connectivity index (χ1) is 8.25. The third-order valence-corrected chi connectivity index (χ3v) is 3.45.